The molecule has 0 fully saturated rings. The van der Waals surface area contributed by atoms with Gasteiger partial charge in [0.2, 0.25) is 0 Å². The molecule has 0 saturated heterocycles. The molecule has 3 heteroatoms. The zero-order chi connectivity index (χ0) is 11.4. The highest BCUT2D eigenvalue weighted by atomic mass is 16.4. The Morgan fingerprint density at radius 2 is 1.64 bits per heavy atom. The predicted octanol–water partition coefficient (Wildman–Crippen LogP) is 2.61. The molecule has 1 N–H and O–H groups in total. The van der Waals surface area contributed by atoms with Gasteiger partial charge in [0, 0.05) is 6.42 Å². The van der Waals surface area contributed by atoms with E-state index in [1.807, 2.05) is 0 Å². The van der Waals surface area contributed by atoms with Gasteiger partial charge in [0.25, 0.3) is 0 Å². The molecule has 0 radical (unpaired) electrons. The van der Waals surface area contributed by atoms with E-state index >= 15 is 0 Å². The van der Waals surface area contributed by atoms with Crippen molar-refractivity contribution in [2.75, 3.05) is 20.6 Å². The number of hydrogen-bond donors (Lipinski definition) is 1. The van der Waals surface area contributed by atoms with Gasteiger partial charge in [-0.15, -0.1) is 0 Å². The first kappa shape index (κ1) is 15.9. The van der Waals surface area contributed by atoms with Gasteiger partial charge >= 0.3 is 5.97 Å². The molecule has 0 aliphatic heterocycles. The Hall–Kier alpha value is -0.570. The molecule has 14 heavy (non-hydrogen) atoms. The number of rotatable bonds is 6. The Morgan fingerprint density at radius 3 is 1.93 bits per heavy atom. The van der Waals surface area contributed by atoms with Crippen molar-refractivity contribution in [1.82, 2.24) is 4.90 Å². The fourth-order valence-electron chi connectivity index (χ4n) is 0.703. The lowest BCUT2D eigenvalue weighted by atomic mass is 10.2. The van der Waals surface area contributed by atoms with Crippen molar-refractivity contribution in [3.63, 3.8) is 0 Å². The largest absolute Gasteiger partial charge is 0.481 e. The smallest absolute Gasteiger partial charge is 0.303 e. The highest BCUT2D eigenvalue weighted by Gasteiger charge is 1.93. The van der Waals surface area contributed by atoms with E-state index in [1.165, 1.54) is 6.42 Å². The second kappa shape index (κ2) is 12.4. The molecule has 0 aliphatic rings. The van der Waals surface area contributed by atoms with E-state index in [9.17, 15) is 4.79 Å². The molecule has 0 atom stereocenters. The Bertz CT molecular complexity index is 124. The first-order chi connectivity index (χ1) is 6.54. The van der Waals surface area contributed by atoms with Gasteiger partial charge in [-0.25, -0.2) is 0 Å². The molecule has 0 aromatic carbocycles. The third-order valence-electron chi connectivity index (χ3n) is 1.88. The van der Waals surface area contributed by atoms with Crippen molar-refractivity contribution in [3.05, 3.63) is 0 Å². The van der Waals surface area contributed by atoms with Crippen molar-refractivity contribution < 1.29 is 9.90 Å². The molecule has 0 aromatic heterocycles. The Balaban J connectivity index is 0. The highest BCUT2D eigenvalue weighted by Crippen LogP contribution is 2.01. The second-order valence-electron chi connectivity index (χ2n) is 3.60. The number of aliphatic carboxylic acids is 1. The van der Waals surface area contributed by atoms with Crippen LogP contribution in [0.5, 0.6) is 0 Å². The van der Waals surface area contributed by atoms with Gasteiger partial charge in [-0.05, 0) is 27.1 Å². The minimum atomic E-state index is -0.675. The number of unbranched alkanes of at least 4 members (excludes halogenated alkanes) is 3. The SMILES string of the molecule is CCCCCCC(=O)O.CCN(C)C. The molecular formula is C11H25NO2. The average Bonchev–Trinajstić information content (AvgIpc) is 2.13. The van der Waals surface area contributed by atoms with Crippen molar-refractivity contribution in [2.24, 2.45) is 0 Å². The predicted molar refractivity (Wildman–Crippen MR) is 60.6 cm³/mol. The van der Waals surface area contributed by atoms with Gasteiger partial charge in [-0.3, -0.25) is 4.79 Å². The van der Waals surface area contributed by atoms with E-state index in [1.54, 1.807) is 0 Å². The highest BCUT2D eigenvalue weighted by molar-refractivity contribution is 5.66. The van der Waals surface area contributed by atoms with E-state index < -0.39 is 5.97 Å². The van der Waals surface area contributed by atoms with E-state index in [4.69, 9.17) is 5.11 Å². The normalized spacial score (nSPS) is 9.50. The summed E-state index contributed by atoms with van der Waals surface area (Å²) in [7, 11) is 4.11. The molecule has 0 bridgehead atoms. The lowest BCUT2D eigenvalue weighted by Gasteiger charge is -2.00. The molecule has 0 aliphatic carbocycles. The summed E-state index contributed by atoms with van der Waals surface area (Å²) in [6, 6.07) is 0. The summed E-state index contributed by atoms with van der Waals surface area (Å²) in [6.45, 7) is 5.38. The number of carboxylic acid groups (broad SMARTS) is 1. The summed E-state index contributed by atoms with van der Waals surface area (Å²) < 4.78 is 0. The van der Waals surface area contributed by atoms with E-state index in [0.717, 1.165) is 25.8 Å². The summed E-state index contributed by atoms with van der Waals surface area (Å²) in [6.07, 6.45) is 4.55. The molecule has 0 heterocycles. The quantitative estimate of drug-likeness (QED) is 0.675. The zero-order valence-electron chi connectivity index (χ0n) is 10.0. The fourth-order valence-corrected chi connectivity index (χ4v) is 0.703. The van der Waals surface area contributed by atoms with Crippen LogP contribution in [0.3, 0.4) is 0 Å². The number of carbonyl (C=O) groups is 1. The molecule has 0 saturated carbocycles. The van der Waals surface area contributed by atoms with Crippen molar-refractivity contribution in [2.45, 2.75) is 46.0 Å². The van der Waals surface area contributed by atoms with Crippen LogP contribution in [0.4, 0.5) is 0 Å². The first-order valence-electron chi connectivity index (χ1n) is 5.41. The lowest BCUT2D eigenvalue weighted by Crippen LogP contribution is -2.08. The van der Waals surface area contributed by atoms with Crippen molar-refractivity contribution in [3.8, 4) is 0 Å². The monoisotopic (exact) mass is 203 g/mol. The van der Waals surface area contributed by atoms with Gasteiger partial charge in [0.15, 0.2) is 0 Å². The molecule has 3 nitrogen and oxygen atoms in total. The van der Waals surface area contributed by atoms with Gasteiger partial charge in [0.1, 0.15) is 0 Å². The minimum absolute atomic E-state index is 0.333. The molecule has 0 spiro atoms. The Kier molecular flexibility index (Phi) is 14.1. The summed E-state index contributed by atoms with van der Waals surface area (Å²) in [5, 5.41) is 8.21. The van der Waals surface area contributed by atoms with E-state index in [2.05, 4.69) is 32.8 Å². The summed E-state index contributed by atoms with van der Waals surface area (Å²) in [4.78, 5) is 12.1. The molecule has 0 rings (SSSR count). The van der Waals surface area contributed by atoms with Crippen molar-refractivity contribution in [1.29, 1.82) is 0 Å². The summed E-state index contributed by atoms with van der Waals surface area (Å²) >= 11 is 0. The van der Waals surface area contributed by atoms with Gasteiger partial charge in [-0.1, -0.05) is 33.1 Å². The maximum Gasteiger partial charge on any atom is 0.303 e. The molecule has 86 valence electrons. The zero-order valence-corrected chi connectivity index (χ0v) is 10.0. The minimum Gasteiger partial charge on any atom is -0.481 e. The topological polar surface area (TPSA) is 40.5 Å². The van der Waals surface area contributed by atoms with Crippen LogP contribution in [0.25, 0.3) is 0 Å². The third kappa shape index (κ3) is 22.5. The molecule has 0 amide bonds. The molecule has 0 unspecified atom stereocenters. The van der Waals surface area contributed by atoms with E-state index in [0.29, 0.717) is 6.42 Å². The fraction of sp³-hybridized carbons (Fsp3) is 0.909. The van der Waals surface area contributed by atoms with Crippen LogP contribution in [0, 0.1) is 0 Å². The van der Waals surface area contributed by atoms with Crippen LogP contribution < -0.4 is 0 Å². The second-order valence-corrected chi connectivity index (χ2v) is 3.60. The number of hydrogen-bond acceptors (Lipinski definition) is 2. The standard InChI is InChI=1S/C7H14O2.C4H11N/c1-2-3-4-5-6-7(8)9;1-4-5(2)3/h2-6H2,1H3,(H,8,9);4H2,1-3H3. The first-order valence-corrected chi connectivity index (χ1v) is 5.41. The average molecular weight is 203 g/mol. The van der Waals surface area contributed by atoms with E-state index in [-0.39, 0.29) is 0 Å². The Morgan fingerprint density at radius 1 is 1.14 bits per heavy atom. The maximum atomic E-state index is 9.96. The molecular weight excluding hydrogens is 178 g/mol. The van der Waals surface area contributed by atoms with Crippen LogP contribution >= 0.6 is 0 Å². The third-order valence-corrected chi connectivity index (χ3v) is 1.88. The van der Waals surface area contributed by atoms with Gasteiger partial charge in [0.05, 0.1) is 0 Å². The Labute approximate surface area is 88.1 Å². The van der Waals surface area contributed by atoms with Crippen LogP contribution in [0.15, 0.2) is 0 Å². The number of carboxylic acids is 1. The summed E-state index contributed by atoms with van der Waals surface area (Å²) in [5.41, 5.74) is 0. The summed E-state index contributed by atoms with van der Waals surface area (Å²) in [5.74, 6) is -0.675. The number of nitrogens with zero attached hydrogens (tertiary/aromatic N) is 1. The molecule has 0 aromatic rings. The van der Waals surface area contributed by atoms with Crippen LogP contribution in [-0.4, -0.2) is 36.6 Å². The van der Waals surface area contributed by atoms with Gasteiger partial charge < -0.3 is 10.0 Å². The lowest BCUT2D eigenvalue weighted by molar-refractivity contribution is -0.137. The maximum absolute atomic E-state index is 9.96. The van der Waals surface area contributed by atoms with Crippen LogP contribution in [0.2, 0.25) is 0 Å². The van der Waals surface area contributed by atoms with Crippen molar-refractivity contribution >= 4 is 5.97 Å². The van der Waals surface area contributed by atoms with Crippen LogP contribution in [-0.2, 0) is 4.79 Å². The van der Waals surface area contributed by atoms with Gasteiger partial charge in [-0.2, -0.15) is 0 Å². The van der Waals surface area contributed by atoms with Crippen LogP contribution in [0.1, 0.15) is 46.0 Å².